The molecule has 0 fully saturated rings. The van der Waals surface area contributed by atoms with Crippen LogP contribution in [0.5, 0.6) is 11.5 Å². The lowest BCUT2D eigenvalue weighted by molar-refractivity contribution is -0.139. The van der Waals surface area contributed by atoms with Crippen molar-refractivity contribution in [2.24, 2.45) is 0 Å². The quantitative estimate of drug-likeness (QED) is 0.250. The largest absolute Gasteiger partial charge is 0.493 e. The highest BCUT2D eigenvalue weighted by Gasteiger charge is 2.33. The van der Waals surface area contributed by atoms with E-state index in [9.17, 15) is 18.0 Å². The van der Waals surface area contributed by atoms with Crippen LogP contribution in [0.15, 0.2) is 76.1 Å². The standard InChI is InChI=1S/C30H35BrClN3O6S/c1-6-20(2)33-30(37)21(3)34(18-22-7-9-23(31)10-8-22)29(36)19-35(25-13-11-24(32)12-14-25)42(38,39)26-15-16-27(40-4)28(17-26)41-5/h7-17,20-21H,6,18-19H2,1-5H3,(H,33,37)/t20-,21+/m0/s1. The first-order valence-electron chi connectivity index (χ1n) is 13.3. The summed E-state index contributed by atoms with van der Waals surface area (Å²) < 4.78 is 40.6. The summed E-state index contributed by atoms with van der Waals surface area (Å²) in [7, 11) is -1.45. The molecule has 0 heterocycles. The van der Waals surface area contributed by atoms with E-state index in [-0.39, 0.29) is 34.8 Å². The molecule has 0 aliphatic carbocycles. The maximum Gasteiger partial charge on any atom is 0.264 e. The second-order valence-corrected chi connectivity index (χ2v) is 12.9. The van der Waals surface area contributed by atoms with Gasteiger partial charge in [-0.15, -0.1) is 0 Å². The smallest absolute Gasteiger partial charge is 0.264 e. The van der Waals surface area contributed by atoms with Gasteiger partial charge >= 0.3 is 0 Å². The van der Waals surface area contributed by atoms with Crippen LogP contribution in [-0.2, 0) is 26.2 Å². The van der Waals surface area contributed by atoms with Gasteiger partial charge in [0.15, 0.2) is 11.5 Å². The number of sulfonamides is 1. The van der Waals surface area contributed by atoms with Gasteiger partial charge < -0.3 is 19.7 Å². The fourth-order valence-electron chi connectivity index (χ4n) is 4.07. The Kier molecular flexibility index (Phi) is 11.7. The third kappa shape index (κ3) is 8.17. The summed E-state index contributed by atoms with van der Waals surface area (Å²) in [5.74, 6) is -0.333. The summed E-state index contributed by atoms with van der Waals surface area (Å²) in [4.78, 5) is 28.5. The molecule has 3 rings (SSSR count). The van der Waals surface area contributed by atoms with Crippen molar-refractivity contribution in [2.45, 2.75) is 50.7 Å². The molecule has 3 aromatic rings. The zero-order valence-corrected chi connectivity index (χ0v) is 27.3. The van der Waals surface area contributed by atoms with Crippen LogP contribution < -0.4 is 19.1 Å². The molecule has 0 saturated heterocycles. The lowest BCUT2D eigenvalue weighted by Crippen LogP contribution is -2.52. The average Bonchev–Trinajstić information content (AvgIpc) is 2.98. The van der Waals surface area contributed by atoms with Crippen molar-refractivity contribution in [1.29, 1.82) is 0 Å². The van der Waals surface area contributed by atoms with E-state index in [1.807, 2.05) is 38.1 Å². The first-order valence-corrected chi connectivity index (χ1v) is 15.9. The van der Waals surface area contributed by atoms with E-state index in [4.69, 9.17) is 21.1 Å². The lowest BCUT2D eigenvalue weighted by atomic mass is 10.1. The number of methoxy groups -OCH3 is 2. The Bertz CT molecular complexity index is 1490. The van der Waals surface area contributed by atoms with Crippen molar-refractivity contribution in [3.63, 3.8) is 0 Å². The van der Waals surface area contributed by atoms with Crippen molar-refractivity contribution in [1.82, 2.24) is 10.2 Å². The van der Waals surface area contributed by atoms with Gasteiger partial charge in [0.05, 0.1) is 24.8 Å². The molecular weight excluding hydrogens is 646 g/mol. The molecule has 226 valence electrons. The highest BCUT2D eigenvalue weighted by molar-refractivity contribution is 9.10. The molecule has 0 spiro atoms. The number of halogens is 2. The van der Waals surface area contributed by atoms with Crippen molar-refractivity contribution < 1.29 is 27.5 Å². The first kappa shape index (κ1) is 33.2. The first-order chi connectivity index (χ1) is 19.9. The summed E-state index contributed by atoms with van der Waals surface area (Å²) in [5, 5.41) is 3.32. The molecule has 1 N–H and O–H groups in total. The maximum absolute atomic E-state index is 14.1. The SMILES string of the molecule is CC[C@H](C)NC(=O)[C@@H](C)N(Cc1ccc(Br)cc1)C(=O)CN(c1ccc(Cl)cc1)S(=O)(=O)c1ccc(OC)c(OC)c1. The highest BCUT2D eigenvalue weighted by atomic mass is 79.9. The number of hydrogen-bond donors (Lipinski definition) is 1. The summed E-state index contributed by atoms with van der Waals surface area (Å²) in [6.07, 6.45) is 0.715. The topological polar surface area (TPSA) is 105 Å². The second kappa shape index (κ2) is 14.8. The van der Waals surface area contributed by atoms with Gasteiger partial charge in [0.2, 0.25) is 11.8 Å². The van der Waals surface area contributed by atoms with Crippen LogP contribution in [0.3, 0.4) is 0 Å². The second-order valence-electron chi connectivity index (χ2n) is 9.65. The number of carbonyl (C=O) groups excluding carboxylic acids is 2. The normalized spacial score (nSPS) is 12.6. The zero-order chi connectivity index (χ0) is 31.0. The minimum atomic E-state index is -4.30. The van der Waals surface area contributed by atoms with Gasteiger partial charge in [-0.05, 0) is 74.4 Å². The van der Waals surface area contributed by atoms with E-state index in [0.717, 1.165) is 14.3 Å². The molecule has 12 heteroatoms. The molecular formula is C30H35BrClN3O6S. The predicted octanol–water partition coefficient (Wildman–Crippen LogP) is 5.65. The Morgan fingerprint density at radius 3 is 2.14 bits per heavy atom. The number of nitrogens with one attached hydrogen (secondary N) is 1. The predicted molar refractivity (Wildman–Crippen MR) is 168 cm³/mol. The number of ether oxygens (including phenoxy) is 2. The van der Waals surface area contributed by atoms with E-state index in [1.54, 1.807) is 19.1 Å². The zero-order valence-electron chi connectivity index (χ0n) is 24.1. The van der Waals surface area contributed by atoms with Crippen LogP contribution in [0, 0.1) is 0 Å². The van der Waals surface area contributed by atoms with Crippen LogP contribution >= 0.6 is 27.5 Å². The fraction of sp³-hybridized carbons (Fsp3) is 0.333. The molecule has 0 aromatic heterocycles. The van der Waals surface area contributed by atoms with Gasteiger partial charge in [0.25, 0.3) is 10.0 Å². The average molecular weight is 681 g/mol. The van der Waals surface area contributed by atoms with Crippen LogP contribution in [0.1, 0.15) is 32.8 Å². The Morgan fingerprint density at radius 1 is 0.952 bits per heavy atom. The third-order valence-corrected chi connectivity index (χ3v) is 9.32. The number of benzene rings is 3. The van der Waals surface area contributed by atoms with Crippen molar-refractivity contribution >= 4 is 55.1 Å². The van der Waals surface area contributed by atoms with Crippen LogP contribution in [0.4, 0.5) is 5.69 Å². The molecule has 0 aliphatic rings. The van der Waals surface area contributed by atoms with Crippen molar-refractivity contribution in [2.75, 3.05) is 25.1 Å². The van der Waals surface area contributed by atoms with Gasteiger partial charge in [-0.25, -0.2) is 8.42 Å². The number of amides is 2. The number of rotatable bonds is 13. The molecule has 9 nitrogen and oxygen atoms in total. The van der Waals surface area contributed by atoms with E-state index in [2.05, 4.69) is 21.2 Å². The van der Waals surface area contributed by atoms with E-state index in [0.29, 0.717) is 17.2 Å². The molecule has 42 heavy (non-hydrogen) atoms. The number of carbonyl (C=O) groups is 2. The van der Waals surface area contributed by atoms with Gasteiger partial charge in [0, 0.05) is 28.1 Å². The van der Waals surface area contributed by atoms with Gasteiger partial charge in [-0.1, -0.05) is 46.6 Å². The molecule has 0 saturated carbocycles. The van der Waals surface area contributed by atoms with E-state index in [1.165, 1.54) is 49.5 Å². The summed E-state index contributed by atoms with van der Waals surface area (Å²) >= 11 is 9.50. The van der Waals surface area contributed by atoms with Gasteiger partial charge in [-0.2, -0.15) is 0 Å². The molecule has 2 amide bonds. The number of hydrogen-bond acceptors (Lipinski definition) is 6. The minimum Gasteiger partial charge on any atom is -0.493 e. The monoisotopic (exact) mass is 679 g/mol. The molecule has 0 bridgehead atoms. The van der Waals surface area contributed by atoms with Crippen LogP contribution in [0.25, 0.3) is 0 Å². The Morgan fingerprint density at radius 2 is 1.57 bits per heavy atom. The van der Waals surface area contributed by atoms with Crippen LogP contribution in [0.2, 0.25) is 5.02 Å². The maximum atomic E-state index is 14.1. The van der Waals surface area contributed by atoms with Crippen molar-refractivity contribution in [3.05, 3.63) is 81.8 Å². The van der Waals surface area contributed by atoms with Crippen LogP contribution in [-0.4, -0.2) is 58.0 Å². The minimum absolute atomic E-state index is 0.0894. The molecule has 2 atom stereocenters. The molecule has 0 radical (unpaired) electrons. The Labute approximate surface area is 260 Å². The van der Waals surface area contributed by atoms with Gasteiger partial charge in [0.1, 0.15) is 12.6 Å². The number of anilines is 1. The van der Waals surface area contributed by atoms with E-state index >= 15 is 0 Å². The highest BCUT2D eigenvalue weighted by Crippen LogP contribution is 2.32. The Balaban J connectivity index is 2.06. The molecule has 0 aliphatic heterocycles. The summed E-state index contributed by atoms with van der Waals surface area (Å²) in [6, 6.07) is 16.7. The lowest BCUT2D eigenvalue weighted by Gasteiger charge is -2.32. The van der Waals surface area contributed by atoms with E-state index < -0.39 is 28.5 Å². The van der Waals surface area contributed by atoms with Crippen molar-refractivity contribution in [3.8, 4) is 11.5 Å². The summed E-state index contributed by atoms with van der Waals surface area (Å²) in [5.41, 5.74) is 0.998. The summed E-state index contributed by atoms with van der Waals surface area (Å²) in [6.45, 7) is 4.97. The Hall–Kier alpha value is -3.28. The third-order valence-electron chi connectivity index (χ3n) is 6.77. The fourth-order valence-corrected chi connectivity index (χ4v) is 5.90. The van der Waals surface area contributed by atoms with Gasteiger partial charge in [-0.3, -0.25) is 13.9 Å². The number of nitrogens with zero attached hydrogens (tertiary/aromatic N) is 2. The molecule has 0 unspecified atom stereocenters. The molecule has 3 aromatic carbocycles.